The molecule has 94 valence electrons. The molecular weight excluding hydrogens is 250 g/mol. The Balaban J connectivity index is 2.44. The number of hydrogen-bond donors (Lipinski definition) is 0. The SMILES string of the molecule is CCCOC(=O)c1cc2cc(C)cnc2cc1Cl. The van der Waals surface area contributed by atoms with Crippen LogP contribution in [-0.4, -0.2) is 17.6 Å². The van der Waals surface area contributed by atoms with Gasteiger partial charge in [0.25, 0.3) is 0 Å². The van der Waals surface area contributed by atoms with Crippen LogP contribution in [0.5, 0.6) is 0 Å². The summed E-state index contributed by atoms with van der Waals surface area (Å²) in [6.07, 6.45) is 2.56. The smallest absolute Gasteiger partial charge is 0.339 e. The van der Waals surface area contributed by atoms with Gasteiger partial charge in [0.1, 0.15) is 0 Å². The second-order valence-electron chi connectivity index (χ2n) is 4.17. The van der Waals surface area contributed by atoms with Crippen molar-refractivity contribution in [3.05, 3.63) is 40.5 Å². The lowest BCUT2D eigenvalue weighted by Crippen LogP contribution is -2.06. The first-order valence-corrected chi connectivity index (χ1v) is 6.22. The Hall–Kier alpha value is -1.61. The average Bonchev–Trinajstić information content (AvgIpc) is 2.35. The first-order chi connectivity index (χ1) is 8.61. The summed E-state index contributed by atoms with van der Waals surface area (Å²) in [6, 6.07) is 5.39. The number of esters is 1. The minimum Gasteiger partial charge on any atom is -0.462 e. The van der Waals surface area contributed by atoms with Crippen LogP contribution in [0.1, 0.15) is 29.3 Å². The summed E-state index contributed by atoms with van der Waals surface area (Å²) < 4.78 is 5.09. The van der Waals surface area contributed by atoms with Crippen LogP contribution in [0.3, 0.4) is 0 Å². The topological polar surface area (TPSA) is 39.2 Å². The van der Waals surface area contributed by atoms with E-state index in [4.69, 9.17) is 16.3 Å². The minimum atomic E-state index is -0.384. The number of carbonyl (C=O) groups excluding carboxylic acids is 1. The number of carbonyl (C=O) groups is 1. The average molecular weight is 264 g/mol. The van der Waals surface area contributed by atoms with E-state index in [9.17, 15) is 4.79 Å². The van der Waals surface area contributed by atoms with Crippen molar-refractivity contribution < 1.29 is 9.53 Å². The van der Waals surface area contributed by atoms with Crippen molar-refractivity contribution in [2.45, 2.75) is 20.3 Å². The van der Waals surface area contributed by atoms with Gasteiger partial charge in [-0.3, -0.25) is 4.98 Å². The van der Waals surface area contributed by atoms with E-state index in [0.717, 1.165) is 22.9 Å². The molecule has 0 unspecified atom stereocenters. The van der Waals surface area contributed by atoms with Crippen LogP contribution < -0.4 is 0 Å². The van der Waals surface area contributed by atoms with Crippen molar-refractivity contribution in [2.75, 3.05) is 6.61 Å². The molecule has 0 amide bonds. The van der Waals surface area contributed by atoms with E-state index < -0.39 is 0 Å². The Morgan fingerprint density at radius 3 is 2.89 bits per heavy atom. The number of halogens is 1. The summed E-state index contributed by atoms with van der Waals surface area (Å²) >= 11 is 6.08. The van der Waals surface area contributed by atoms with Crippen molar-refractivity contribution in [3.8, 4) is 0 Å². The van der Waals surface area contributed by atoms with Crippen LogP contribution in [-0.2, 0) is 4.74 Å². The van der Waals surface area contributed by atoms with Crippen molar-refractivity contribution in [1.29, 1.82) is 0 Å². The largest absolute Gasteiger partial charge is 0.462 e. The van der Waals surface area contributed by atoms with Crippen molar-refractivity contribution >= 4 is 28.5 Å². The summed E-state index contributed by atoms with van der Waals surface area (Å²) in [4.78, 5) is 16.1. The monoisotopic (exact) mass is 263 g/mol. The molecule has 0 fully saturated rings. The van der Waals surface area contributed by atoms with E-state index in [0.29, 0.717) is 17.2 Å². The van der Waals surface area contributed by atoms with Gasteiger partial charge < -0.3 is 4.74 Å². The maximum atomic E-state index is 11.8. The number of nitrogens with zero attached hydrogens (tertiary/aromatic N) is 1. The number of rotatable bonds is 3. The molecule has 0 atom stereocenters. The van der Waals surface area contributed by atoms with Gasteiger partial charge >= 0.3 is 5.97 Å². The summed E-state index contributed by atoms with van der Waals surface area (Å²) in [5.74, 6) is -0.384. The predicted molar refractivity (Wildman–Crippen MR) is 72.1 cm³/mol. The maximum Gasteiger partial charge on any atom is 0.339 e. The third kappa shape index (κ3) is 2.62. The highest BCUT2D eigenvalue weighted by Gasteiger charge is 2.13. The van der Waals surface area contributed by atoms with Crippen molar-refractivity contribution in [3.63, 3.8) is 0 Å². The number of aryl methyl sites for hydroxylation is 1. The van der Waals surface area contributed by atoms with Gasteiger partial charge in [0.2, 0.25) is 0 Å². The van der Waals surface area contributed by atoms with E-state index in [-0.39, 0.29) is 5.97 Å². The Morgan fingerprint density at radius 1 is 1.39 bits per heavy atom. The molecule has 0 radical (unpaired) electrons. The van der Waals surface area contributed by atoms with Gasteiger partial charge in [-0.05, 0) is 37.1 Å². The highest BCUT2D eigenvalue weighted by atomic mass is 35.5. The zero-order chi connectivity index (χ0) is 13.1. The molecule has 1 heterocycles. The fourth-order valence-electron chi connectivity index (χ4n) is 1.69. The molecule has 0 saturated heterocycles. The Labute approximate surface area is 111 Å². The molecule has 0 saturated carbocycles. The molecule has 1 aromatic carbocycles. The van der Waals surface area contributed by atoms with Crippen molar-refractivity contribution in [1.82, 2.24) is 4.98 Å². The van der Waals surface area contributed by atoms with Gasteiger partial charge in [0, 0.05) is 11.6 Å². The van der Waals surface area contributed by atoms with Crippen LogP contribution in [0.15, 0.2) is 24.4 Å². The second-order valence-corrected chi connectivity index (χ2v) is 4.58. The molecule has 18 heavy (non-hydrogen) atoms. The van der Waals surface area contributed by atoms with E-state index in [1.54, 1.807) is 18.3 Å². The van der Waals surface area contributed by atoms with Crippen LogP contribution in [0.25, 0.3) is 10.9 Å². The van der Waals surface area contributed by atoms with Gasteiger partial charge in [-0.25, -0.2) is 4.79 Å². The van der Waals surface area contributed by atoms with Gasteiger partial charge in [0.05, 0.1) is 22.7 Å². The summed E-state index contributed by atoms with van der Waals surface area (Å²) in [5, 5.41) is 1.27. The fourth-order valence-corrected chi connectivity index (χ4v) is 1.92. The number of pyridine rings is 1. The van der Waals surface area contributed by atoms with Gasteiger partial charge in [0.15, 0.2) is 0 Å². The Kier molecular flexibility index (Phi) is 3.82. The zero-order valence-corrected chi connectivity index (χ0v) is 11.1. The molecule has 0 aliphatic rings. The molecule has 2 aromatic rings. The molecule has 4 heteroatoms. The fraction of sp³-hybridized carbons (Fsp3) is 0.286. The third-order valence-electron chi connectivity index (χ3n) is 2.56. The molecule has 1 aromatic heterocycles. The number of benzene rings is 1. The highest BCUT2D eigenvalue weighted by Crippen LogP contribution is 2.24. The number of aromatic nitrogens is 1. The lowest BCUT2D eigenvalue weighted by Gasteiger charge is -2.07. The van der Waals surface area contributed by atoms with E-state index >= 15 is 0 Å². The third-order valence-corrected chi connectivity index (χ3v) is 2.88. The Bertz CT molecular complexity index is 596. The molecular formula is C14H14ClNO2. The first-order valence-electron chi connectivity index (χ1n) is 5.85. The van der Waals surface area contributed by atoms with Crippen LogP contribution >= 0.6 is 11.6 Å². The zero-order valence-electron chi connectivity index (χ0n) is 10.4. The standard InChI is InChI=1S/C14H14ClNO2/c1-3-4-18-14(17)11-6-10-5-9(2)8-16-13(10)7-12(11)15/h5-8H,3-4H2,1-2H3. The molecule has 0 bridgehead atoms. The van der Waals surface area contributed by atoms with Crippen LogP contribution in [0, 0.1) is 6.92 Å². The van der Waals surface area contributed by atoms with Gasteiger partial charge in [-0.15, -0.1) is 0 Å². The van der Waals surface area contributed by atoms with Gasteiger partial charge in [-0.2, -0.15) is 0 Å². The maximum absolute atomic E-state index is 11.8. The first kappa shape index (κ1) is 12.8. The van der Waals surface area contributed by atoms with Crippen LogP contribution in [0.4, 0.5) is 0 Å². The summed E-state index contributed by atoms with van der Waals surface area (Å²) in [7, 11) is 0. The minimum absolute atomic E-state index is 0.375. The number of fused-ring (bicyclic) bond motifs is 1. The highest BCUT2D eigenvalue weighted by molar-refractivity contribution is 6.34. The Morgan fingerprint density at radius 2 is 2.17 bits per heavy atom. The predicted octanol–water partition coefficient (Wildman–Crippen LogP) is 3.76. The lowest BCUT2D eigenvalue weighted by atomic mass is 10.1. The summed E-state index contributed by atoms with van der Waals surface area (Å²) in [5.41, 5.74) is 2.21. The molecule has 0 N–H and O–H groups in total. The molecule has 0 aliphatic heterocycles. The van der Waals surface area contributed by atoms with E-state index in [2.05, 4.69) is 4.98 Å². The molecule has 0 aliphatic carbocycles. The molecule has 2 rings (SSSR count). The van der Waals surface area contributed by atoms with Gasteiger partial charge in [-0.1, -0.05) is 18.5 Å². The summed E-state index contributed by atoms with van der Waals surface area (Å²) in [6.45, 7) is 4.30. The van der Waals surface area contributed by atoms with E-state index in [1.165, 1.54) is 0 Å². The lowest BCUT2D eigenvalue weighted by molar-refractivity contribution is 0.0505. The normalized spacial score (nSPS) is 10.6. The van der Waals surface area contributed by atoms with Crippen LogP contribution in [0.2, 0.25) is 5.02 Å². The quantitative estimate of drug-likeness (QED) is 0.792. The second kappa shape index (κ2) is 5.36. The number of hydrogen-bond acceptors (Lipinski definition) is 3. The van der Waals surface area contributed by atoms with E-state index in [1.807, 2.05) is 19.9 Å². The van der Waals surface area contributed by atoms with Crippen molar-refractivity contribution in [2.24, 2.45) is 0 Å². The molecule has 0 spiro atoms. The molecule has 3 nitrogen and oxygen atoms in total. The number of ether oxygens (including phenoxy) is 1.